The zero-order valence-corrected chi connectivity index (χ0v) is 13.2. The third kappa shape index (κ3) is 4.62. The van der Waals surface area contributed by atoms with E-state index in [2.05, 4.69) is 53.3 Å². The number of hydrogen-bond donors (Lipinski definition) is 1. The second-order valence-corrected chi connectivity index (χ2v) is 5.38. The van der Waals surface area contributed by atoms with E-state index < -0.39 is 0 Å². The van der Waals surface area contributed by atoms with E-state index in [1.54, 1.807) is 0 Å². The lowest BCUT2D eigenvalue weighted by Crippen LogP contribution is -2.16. The summed E-state index contributed by atoms with van der Waals surface area (Å²) in [6, 6.07) is 6.82. The molecular formula is C15H24BrNO. The Morgan fingerprint density at radius 1 is 1.28 bits per heavy atom. The molecule has 0 aliphatic carbocycles. The maximum Gasteiger partial charge on any atom is 0.133 e. The second-order valence-electron chi connectivity index (χ2n) is 4.52. The van der Waals surface area contributed by atoms with Crippen LogP contribution in [0.2, 0.25) is 0 Å². The molecule has 0 radical (unpaired) electrons. The molecule has 102 valence electrons. The van der Waals surface area contributed by atoms with Crippen molar-refractivity contribution in [3.05, 3.63) is 28.2 Å². The van der Waals surface area contributed by atoms with Gasteiger partial charge in [-0.2, -0.15) is 0 Å². The molecule has 2 nitrogen and oxygen atoms in total. The maximum absolute atomic E-state index is 5.67. The number of unbranched alkanes of at least 4 members (excludes halogenated alkanes) is 1. The first-order valence-corrected chi connectivity index (χ1v) is 7.61. The highest BCUT2D eigenvalue weighted by atomic mass is 79.9. The average molecular weight is 314 g/mol. The van der Waals surface area contributed by atoms with E-state index in [-0.39, 0.29) is 0 Å². The Kier molecular flexibility index (Phi) is 7.36. The van der Waals surface area contributed by atoms with Crippen LogP contribution in [0.4, 0.5) is 0 Å². The number of benzene rings is 1. The fraction of sp³-hybridized carbons (Fsp3) is 0.600. The normalized spacial score (nSPS) is 12.4. The first-order chi connectivity index (χ1) is 8.72. The summed E-state index contributed by atoms with van der Waals surface area (Å²) >= 11 is 3.59. The van der Waals surface area contributed by atoms with Crippen LogP contribution in [0.3, 0.4) is 0 Å². The summed E-state index contributed by atoms with van der Waals surface area (Å²) in [5, 5.41) is 3.38. The molecule has 0 bridgehead atoms. The topological polar surface area (TPSA) is 21.3 Å². The molecule has 0 aromatic heterocycles. The van der Waals surface area contributed by atoms with Crippen molar-refractivity contribution in [2.45, 2.75) is 45.6 Å². The Balaban J connectivity index is 2.74. The molecule has 1 rings (SSSR count). The largest absolute Gasteiger partial charge is 0.492 e. The van der Waals surface area contributed by atoms with Crippen LogP contribution < -0.4 is 10.1 Å². The second kappa shape index (κ2) is 8.54. The minimum absolute atomic E-state index is 0.432. The highest BCUT2D eigenvalue weighted by molar-refractivity contribution is 9.10. The highest BCUT2D eigenvalue weighted by Crippen LogP contribution is 2.30. The molecule has 0 saturated heterocycles. The van der Waals surface area contributed by atoms with Crippen LogP contribution in [0.1, 0.15) is 51.1 Å². The van der Waals surface area contributed by atoms with Gasteiger partial charge in [-0.1, -0.05) is 32.8 Å². The number of hydrogen-bond acceptors (Lipinski definition) is 2. The summed E-state index contributed by atoms with van der Waals surface area (Å²) in [6.07, 6.45) is 4.69. The fourth-order valence-electron chi connectivity index (χ4n) is 1.95. The van der Waals surface area contributed by atoms with Gasteiger partial charge in [0.1, 0.15) is 5.75 Å². The van der Waals surface area contributed by atoms with E-state index in [4.69, 9.17) is 4.74 Å². The molecule has 1 atom stereocenters. The molecule has 0 fully saturated rings. The van der Waals surface area contributed by atoms with Gasteiger partial charge in [-0.25, -0.2) is 0 Å². The van der Waals surface area contributed by atoms with E-state index in [1.165, 1.54) is 24.8 Å². The van der Waals surface area contributed by atoms with Gasteiger partial charge in [-0.3, -0.25) is 0 Å². The van der Waals surface area contributed by atoms with Gasteiger partial charge < -0.3 is 10.1 Å². The van der Waals surface area contributed by atoms with E-state index in [9.17, 15) is 0 Å². The Morgan fingerprint density at radius 2 is 2.06 bits per heavy atom. The number of halogens is 1. The minimum atomic E-state index is 0.432. The molecule has 0 spiro atoms. The Bertz CT molecular complexity index is 354. The van der Waals surface area contributed by atoms with Crippen LogP contribution in [-0.2, 0) is 0 Å². The molecule has 1 aromatic rings. The molecule has 0 heterocycles. The molecule has 18 heavy (non-hydrogen) atoms. The summed E-state index contributed by atoms with van der Waals surface area (Å²) in [5.41, 5.74) is 1.32. The van der Waals surface area contributed by atoms with Crippen LogP contribution in [0.25, 0.3) is 0 Å². The van der Waals surface area contributed by atoms with Crippen LogP contribution in [-0.4, -0.2) is 13.7 Å². The number of nitrogens with one attached hydrogen (secondary N) is 1. The van der Waals surface area contributed by atoms with Gasteiger partial charge in [0.05, 0.1) is 11.1 Å². The summed E-state index contributed by atoms with van der Waals surface area (Å²) < 4.78 is 6.71. The van der Waals surface area contributed by atoms with Crippen molar-refractivity contribution in [2.75, 3.05) is 13.7 Å². The van der Waals surface area contributed by atoms with E-state index in [1.807, 2.05) is 7.05 Å². The average Bonchev–Trinajstić information content (AvgIpc) is 2.38. The van der Waals surface area contributed by atoms with Gasteiger partial charge in [-0.05, 0) is 53.5 Å². The molecule has 1 aromatic carbocycles. The predicted octanol–water partition coefficient (Wildman–Crippen LogP) is 4.69. The highest BCUT2D eigenvalue weighted by Gasteiger charge is 2.10. The third-order valence-electron chi connectivity index (χ3n) is 3.01. The first kappa shape index (κ1) is 15.5. The lowest BCUT2D eigenvalue weighted by Gasteiger charge is -2.17. The Hall–Kier alpha value is -0.540. The predicted molar refractivity (Wildman–Crippen MR) is 81.3 cm³/mol. The van der Waals surface area contributed by atoms with Crippen LogP contribution >= 0.6 is 15.9 Å². The van der Waals surface area contributed by atoms with Crippen molar-refractivity contribution in [3.8, 4) is 5.75 Å². The fourth-order valence-corrected chi connectivity index (χ4v) is 2.46. The number of rotatable bonds is 8. The monoisotopic (exact) mass is 313 g/mol. The summed E-state index contributed by atoms with van der Waals surface area (Å²) in [7, 11) is 2.02. The maximum atomic E-state index is 5.67. The van der Waals surface area contributed by atoms with Gasteiger partial charge in [0.2, 0.25) is 0 Å². The summed E-state index contributed by atoms with van der Waals surface area (Å²) in [6.45, 7) is 5.11. The van der Waals surface area contributed by atoms with Crippen molar-refractivity contribution in [1.82, 2.24) is 5.32 Å². The van der Waals surface area contributed by atoms with Crippen molar-refractivity contribution >= 4 is 15.9 Å². The zero-order chi connectivity index (χ0) is 13.4. The van der Waals surface area contributed by atoms with Gasteiger partial charge in [0.25, 0.3) is 0 Å². The zero-order valence-electron chi connectivity index (χ0n) is 11.6. The van der Waals surface area contributed by atoms with Crippen molar-refractivity contribution < 1.29 is 4.74 Å². The van der Waals surface area contributed by atoms with Crippen molar-refractivity contribution in [3.63, 3.8) is 0 Å². The van der Waals surface area contributed by atoms with Gasteiger partial charge >= 0.3 is 0 Å². The Labute approximate surface area is 119 Å². The third-order valence-corrected chi connectivity index (χ3v) is 3.63. The van der Waals surface area contributed by atoms with Crippen LogP contribution in [0, 0.1) is 0 Å². The number of ether oxygens (including phenoxy) is 1. The van der Waals surface area contributed by atoms with Gasteiger partial charge in [-0.15, -0.1) is 0 Å². The molecule has 0 amide bonds. The first-order valence-electron chi connectivity index (χ1n) is 6.82. The van der Waals surface area contributed by atoms with Crippen LogP contribution in [0.5, 0.6) is 5.75 Å². The van der Waals surface area contributed by atoms with Crippen LogP contribution in [0.15, 0.2) is 22.7 Å². The lowest BCUT2D eigenvalue weighted by atomic mass is 10.0. The summed E-state index contributed by atoms with van der Waals surface area (Å²) in [5.74, 6) is 0.936. The molecule has 1 N–H and O–H groups in total. The molecule has 0 aliphatic rings. The quantitative estimate of drug-likeness (QED) is 0.751. The van der Waals surface area contributed by atoms with Crippen molar-refractivity contribution in [1.29, 1.82) is 0 Å². The summed E-state index contributed by atoms with van der Waals surface area (Å²) in [4.78, 5) is 0. The van der Waals surface area contributed by atoms with Crippen molar-refractivity contribution in [2.24, 2.45) is 0 Å². The molecule has 0 aliphatic heterocycles. The van der Waals surface area contributed by atoms with E-state index in [0.717, 1.165) is 23.2 Å². The Morgan fingerprint density at radius 3 is 2.61 bits per heavy atom. The van der Waals surface area contributed by atoms with Gasteiger partial charge in [0.15, 0.2) is 0 Å². The molecule has 0 saturated carbocycles. The molecule has 1 unspecified atom stereocenters. The molecule has 3 heteroatoms. The van der Waals surface area contributed by atoms with E-state index in [0.29, 0.717) is 6.04 Å². The smallest absolute Gasteiger partial charge is 0.133 e. The van der Waals surface area contributed by atoms with E-state index >= 15 is 0 Å². The van der Waals surface area contributed by atoms with Gasteiger partial charge in [0, 0.05) is 6.04 Å². The minimum Gasteiger partial charge on any atom is -0.492 e. The SMILES string of the molecule is CCCCC(NC)c1ccc(OCCC)c(Br)c1. The standard InChI is InChI=1S/C15H24BrNO/c1-4-6-7-14(17-3)12-8-9-15(13(16)11-12)18-10-5-2/h8-9,11,14,17H,4-7,10H2,1-3H3. The molecular weight excluding hydrogens is 290 g/mol. The lowest BCUT2D eigenvalue weighted by molar-refractivity contribution is 0.315.